The van der Waals surface area contributed by atoms with Crippen LogP contribution in [-0.2, 0) is 14.0 Å². The average Bonchev–Trinajstić information content (AvgIpc) is 3.16. The number of carbonyl (C=O) groups excluding carboxylic acids is 1. The molecule has 0 spiro atoms. The zero-order chi connectivity index (χ0) is 23.8. The second-order valence-corrected chi connectivity index (χ2v) is 15.3. The summed E-state index contributed by atoms with van der Waals surface area (Å²) >= 11 is 0. The van der Waals surface area contributed by atoms with E-state index < -0.39 is 8.32 Å². The predicted octanol–water partition coefficient (Wildman–Crippen LogP) is 6.56. The normalized spacial score (nSPS) is 20.5. The molecular weight excluding hydrogens is 426 g/mol. The Bertz CT molecular complexity index is 1050. The third-order valence-corrected chi connectivity index (χ3v) is 11.7. The smallest absolute Gasteiger partial charge is 0.340 e. The molecule has 0 aromatic heterocycles. The van der Waals surface area contributed by atoms with Crippen molar-refractivity contribution >= 4 is 14.3 Å². The van der Waals surface area contributed by atoms with Crippen molar-refractivity contribution in [2.75, 3.05) is 6.61 Å². The predicted molar refractivity (Wildman–Crippen MR) is 135 cm³/mol. The van der Waals surface area contributed by atoms with E-state index >= 15 is 0 Å². The third kappa shape index (κ3) is 4.57. The first-order valence-corrected chi connectivity index (χ1v) is 14.7. The summed E-state index contributed by atoms with van der Waals surface area (Å²) in [6, 6.07) is 21.0. The SMILES string of the molecule is CC1C=CC2=C(COC2=O)N1[C@H](c1ccccc1)[C@@H](O[Si](C)(C)C(C)(C)C)c1ccccc1. The zero-order valence-electron chi connectivity index (χ0n) is 20.5. The van der Waals surface area contributed by atoms with E-state index in [0.717, 1.165) is 11.3 Å². The molecule has 4 nitrogen and oxygen atoms in total. The van der Waals surface area contributed by atoms with Crippen molar-refractivity contribution in [3.05, 3.63) is 95.2 Å². The van der Waals surface area contributed by atoms with Crippen molar-refractivity contribution in [3.63, 3.8) is 0 Å². The average molecular weight is 462 g/mol. The van der Waals surface area contributed by atoms with E-state index in [9.17, 15) is 4.79 Å². The Morgan fingerprint density at radius 1 is 1.00 bits per heavy atom. The van der Waals surface area contributed by atoms with Gasteiger partial charge >= 0.3 is 5.97 Å². The van der Waals surface area contributed by atoms with Gasteiger partial charge < -0.3 is 14.1 Å². The number of rotatable bonds is 6. The molecule has 3 atom stereocenters. The Hall–Kier alpha value is -2.63. The molecule has 0 N–H and O–H groups in total. The van der Waals surface area contributed by atoms with E-state index in [1.165, 1.54) is 5.56 Å². The Labute approximate surface area is 199 Å². The van der Waals surface area contributed by atoms with Crippen LogP contribution in [0.2, 0.25) is 18.1 Å². The lowest BCUT2D eigenvalue weighted by Crippen LogP contribution is -2.47. The van der Waals surface area contributed by atoms with Gasteiger partial charge in [-0.05, 0) is 42.3 Å². The minimum Gasteiger partial charge on any atom is -0.456 e. The molecule has 5 heteroatoms. The van der Waals surface area contributed by atoms with Gasteiger partial charge in [-0.3, -0.25) is 0 Å². The molecule has 2 heterocycles. The van der Waals surface area contributed by atoms with Gasteiger partial charge in [0.25, 0.3) is 0 Å². The molecule has 33 heavy (non-hydrogen) atoms. The van der Waals surface area contributed by atoms with Crippen molar-refractivity contribution in [1.29, 1.82) is 0 Å². The standard InChI is InChI=1S/C28H35NO3Si/c1-20-17-18-23-24(19-31-27(23)30)29(20)25(21-13-9-7-10-14-21)26(22-15-11-8-12-16-22)32-33(5,6)28(2,3)4/h7-18,20,25-26H,19H2,1-6H3/t20?,25-,26+/m1/s1. The first-order chi connectivity index (χ1) is 15.6. The van der Waals surface area contributed by atoms with Gasteiger partial charge in [0, 0.05) is 6.04 Å². The maximum Gasteiger partial charge on any atom is 0.340 e. The highest BCUT2D eigenvalue weighted by Crippen LogP contribution is 2.47. The Balaban J connectivity index is 1.90. The Morgan fingerprint density at radius 2 is 1.58 bits per heavy atom. The summed E-state index contributed by atoms with van der Waals surface area (Å²) in [5.74, 6) is -0.244. The van der Waals surface area contributed by atoms with E-state index in [-0.39, 0.29) is 29.2 Å². The van der Waals surface area contributed by atoms with Crippen LogP contribution in [0.4, 0.5) is 0 Å². The molecule has 4 rings (SSSR count). The van der Waals surface area contributed by atoms with E-state index in [1.807, 2.05) is 18.2 Å². The Kier molecular flexibility index (Phi) is 6.38. The van der Waals surface area contributed by atoms with E-state index in [2.05, 4.69) is 100 Å². The third-order valence-electron chi connectivity index (χ3n) is 7.25. The van der Waals surface area contributed by atoms with Crippen LogP contribution in [0, 0.1) is 0 Å². The van der Waals surface area contributed by atoms with Crippen LogP contribution in [0.15, 0.2) is 84.1 Å². The summed E-state index contributed by atoms with van der Waals surface area (Å²) < 4.78 is 12.7. The van der Waals surface area contributed by atoms with Crippen LogP contribution in [0.1, 0.15) is 51.0 Å². The van der Waals surface area contributed by atoms with Crippen molar-refractivity contribution in [2.24, 2.45) is 0 Å². The number of cyclic esters (lactones) is 1. The summed E-state index contributed by atoms with van der Waals surface area (Å²) in [7, 11) is -2.14. The van der Waals surface area contributed by atoms with Gasteiger partial charge in [0.05, 0.1) is 23.4 Å². The molecule has 0 radical (unpaired) electrons. The minimum absolute atomic E-state index is 0.0611. The number of nitrogens with zero attached hydrogens (tertiary/aromatic N) is 1. The molecule has 0 amide bonds. The number of hydrogen-bond donors (Lipinski definition) is 0. The van der Waals surface area contributed by atoms with Crippen LogP contribution in [-0.4, -0.2) is 31.8 Å². The highest BCUT2D eigenvalue weighted by atomic mass is 28.4. The van der Waals surface area contributed by atoms with Gasteiger partial charge in [-0.15, -0.1) is 0 Å². The highest BCUT2D eigenvalue weighted by Gasteiger charge is 2.45. The summed E-state index contributed by atoms with van der Waals surface area (Å²) in [6.45, 7) is 13.9. The first-order valence-electron chi connectivity index (χ1n) is 11.7. The van der Waals surface area contributed by atoms with Crippen molar-refractivity contribution in [2.45, 2.75) is 64.0 Å². The van der Waals surface area contributed by atoms with Gasteiger partial charge in [0.1, 0.15) is 6.61 Å². The number of esters is 1. The van der Waals surface area contributed by atoms with Gasteiger partial charge in [-0.2, -0.15) is 0 Å². The Morgan fingerprint density at radius 3 is 2.15 bits per heavy atom. The zero-order valence-corrected chi connectivity index (χ0v) is 21.5. The lowest BCUT2D eigenvalue weighted by molar-refractivity contribution is -0.135. The van der Waals surface area contributed by atoms with Crippen LogP contribution in [0.25, 0.3) is 0 Å². The van der Waals surface area contributed by atoms with Gasteiger partial charge in [-0.25, -0.2) is 4.79 Å². The molecule has 2 aliphatic heterocycles. The fourth-order valence-corrected chi connectivity index (χ4v) is 5.62. The molecule has 2 aromatic rings. The summed E-state index contributed by atoms with van der Waals surface area (Å²) in [6.07, 6.45) is 3.81. The number of benzene rings is 2. The first kappa shape index (κ1) is 23.5. The van der Waals surface area contributed by atoms with Crippen LogP contribution >= 0.6 is 0 Å². The van der Waals surface area contributed by atoms with E-state index in [0.29, 0.717) is 12.2 Å². The topological polar surface area (TPSA) is 38.8 Å². The van der Waals surface area contributed by atoms with E-state index in [1.54, 1.807) is 0 Å². The summed E-state index contributed by atoms with van der Waals surface area (Å²) in [5, 5.41) is 0.0611. The number of ether oxygens (including phenoxy) is 1. The lowest BCUT2D eigenvalue weighted by Gasteiger charge is -2.47. The largest absolute Gasteiger partial charge is 0.456 e. The molecule has 1 unspecified atom stereocenters. The maximum atomic E-state index is 12.4. The molecular formula is C28H35NO3Si. The molecule has 2 aliphatic rings. The summed E-state index contributed by atoms with van der Waals surface area (Å²) in [5.41, 5.74) is 3.92. The highest BCUT2D eigenvalue weighted by molar-refractivity contribution is 6.74. The van der Waals surface area contributed by atoms with Gasteiger partial charge in [0.15, 0.2) is 8.32 Å². The fourth-order valence-electron chi connectivity index (χ4n) is 4.36. The monoisotopic (exact) mass is 461 g/mol. The van der Waals surface area contributed by atoms with Crippen LogP contribution in [0.3, 0.4) is 0 Å². The quantitative estimate of drug-likeness (QED) is 0.361. The molecule has 0 fully saturated rings. The van der Waals surface area contributed by atoms with Crippen molar-refractivity contribution < 1.29 is 14.0 Å². The molecule has 0 bridgehead atoms. The second kappa shape index (κ2) is 8.96. The van der Waals surface area contributed by atoms with Crippen LogP contribution in [0.5, 0.6) is 0 Å². The fraction of sp³-hybridized carbons (Fsp3) is 0.393. The van der Waals surface area contributed by atoms with Crippen molar-refractivity contribution in [1.82, 2.24) is 4.90 Å². The van der Waals surface area contributed by atoms with Crippen LogP contribution < -0.4 is 0 Å². The molecule has 0 saturated carbocycles. The number of carbonyl (C=O) groups is 1. The van der Waals surface area contributed by atoms with Gasteiger partial charge in [0.2, 0.25) is 0 Å². The lowest BCUT2D eigenvalue weighted by atomic mass is 9.91. The molecule has 174 valence electrons. The van der Waals surface area contributed by atoms with Crippen molar-refractivity contribution in [3.8, 4) is 0 Å². The van der Waals surface area contributed by atoms with Gasteiger partial charge in [-0.1, -0.05) is 87.5 Å². The second-order valence-electron chi connectivity index (χ2n) is 10.5. The molecule has 0 aliphatic carbocycles. The molecule has 2 aromatic carbocycles. The number of hydrogen-bond acceptors (Lipinski definition) is 4. The van der Waals surface area contributed by atoms with E-state index in [4.69, 9.17) is 9.16 Å². The molecule has 0 saturated heterocycles. The maximum absolute atomic E-state index is 12.4. The minimum atomic E-state index is -2.14. The summed E-state index contributed by atoms with van der Waals surface area (Å²) in [4.78, 5) is 14.8.